The number of rotatable bonds is 8. The average Bonchev–Trinajstić information content (AvgIpc) is 3.06. The van der Waals surface area contributed by atoms with Crippen molar-refractivity contribution in [3.05, 3.63) is 46.2 Å². The van der Waals surface area contributed by atoms with Gasteiger partial charge in [0.25, 0.3) is 5.91 Å². The number of benzene rings is 1. The van der Waals surface area contributed by atoms with Crippen molar-refractivity contribution in [2.24, 2.45) is 0 Å². The molecule has 1 heterocycles. The van der Waals surface area contributed by atoms with Crippen LogP contribution in [0.3, 0.4) is 0 Å². The molecule has 7 heteroatoms. The summed E-state index contributed by atoms with van der Waals surface area (Å²) < 4.78 is 10.6. The van der Waals surface area contributed by atoms with E-state index in [-0.39, 0.29) is 5.91 Å². The van der Waals surface area contributed by atoms with Crippen molar-refractivity contribution in [2.45, 2.75) is 13.5 Å². The molecule has 0 fully saturated rings. The number of carboxylic acids is 1. The van der Waals surface area contributed by atoms with Crippen LogP contribution in [0.15, 0.2) is 35.7 Å². The van der Waals surface area contributed by atoms with Crippen LogP contribution in [0, 0.1) is 0 Å². The van der Waals surface area contributed by atoms with Gasteiger partial charge in [0.05, 0.1) is 13.2 Å². The molecular weight excluding hydrogens is 330 g/mol. The minimum absolute atomic E-state index is 0.144. The van der Waals surface area contributed by atoms with Gasteiger partial charge in [0.2, 0.25) is 0 Å². The molecule has 1 amide bonds. The van der Waals surface area contributed by atoms with Gasteiger partial charge in [0.1, 0.15) is 0 Å². The molecule has 0 aliphatic carbocycles. The molecule has 0 bridgehead atoms. The molecule has 0 atom stereocenters. The topological polar surface area (TPSA) is 76.1 Å². The molecule has 128 valence electrons. The first-order valence-electron chi connectivity index (χ1n) is 7.40. The van der Waals surface area contributed by atoms with Crippen LogP contribution in [0.25, 0.3) is 0 Å². The van der Waals surface area contributed by atoms with Crippen LogP contribution in [-0.4, -0.2) is 42.1 Å². The Morgan fingerprint density at radius 3 is 2.62 bits per heavy atom. The molecule has 0 radical (unpaired) electrons. The number of thiophene rings is 1. The fraction of sp³-hybridized carbons (Fsp3) is 0.294. The van der Waals surface area contributed by atoms with Crippen LogP contribution >= 0.6 is 11.3 Å². The molecule has 2 rings (SSSR count). The Morgan fingerprint density at radius 1 is 1.21 bits per heavy atom. The molecule has 0 aliphatic heterocycles. The summed E-state index contributed by atoms with van der Waals surface area (Å²) >= 11 is 1.59. The van der Waals surface area contributed by atoms with Crippen molar-refractivity contribution < 1.29 is 24.2 Å². The lowest BCUT2D eigenvalue weighted by Gasteiger charge is -2.18. The maximum Gasteiger partial charge on any atom is 0.341 e. The summed E-state index contributed by atoms with van der Waals surface area (Å²) in [6.45, 7) is 2.24. The van der Waals surface area contributed by atoms with E-state index in [1.54, 1.807) is 48.4 Å². The van der Waals surface area contributed by atoms with Gasteiger partial charge in [-0.05, 0) is 36.6 Å². The monoisotopic (exact) mass is 349 g/mol. The lowest BCUT2D eigenvalue weighted by Crippen LogP contribution is -2.25. The molecule has 1 N–H and O–H groups in total. The van der Waals surface area contributed by atoms with Gasteiger partial charge >= 0.3 is 5.97 Å². The lowest BCUT2D eigenvalue weighted by atomic mass is 10.1. The van der Waals surface area contributed by atoms with Gasteiger partial charge < -0.3 is 19.5 Å². The zero-order valence-corrected chi connectivity index (χ0v) is 14.3. The van der Waals surface area contributed by atoms with Crippen LogP contribution in [0.2, 0.25) is 0 Å². The normalized spacial score (nSPS) is 10.2. The van der Waals surface area contributed by atoms with Gasteiger partial charge in [-0.15, -0.1) is 11.3 Å². The Hall–Kier alpha value is -2.54. The number of nitrogens with zero attached hydrogens (tertiary/aromatic N) is 1. The van der Waals surface area contributed by atoms with E-state index in [0.29, 0.717) is 30.2 Å². The van der Waals surface area contributed by atoms with Gasteiger partial charge in [0, 0.05) is 17.5 Å². The molecule has 0 spiro atoms. The van der Waals surface area contributed by atoms with Gasteiger partial charge in [0.15, 0.2) is 18.1 Å². The predicted octanol–water partition coefficient (Wildman–Crippen LogP) is 2.88. The SMILES string of the molecule is CCOc1cc(C(=O)N(C)Cc2cccs2)ccc1OCC(=O)O. The number of hydrogen-bond donors (Lipinski definition) is 1. The molecular formula is C17H19NO5S. The number of aliphatic carboxylic acids is 1. The van der Waals surface area contributed by atoms with E-state index in [0.717, 1.165) is 4.88 Å². The zero-order valence-electron chi connectivity index (χ0n) is 13.5. The molecule has 1 aromatic carbocycles. The highest BCUT2D eigenvalue weighted by Gasteiger charge is 2.16. The van der Waals surface area contributed by atoms with E-state index < -0.39 is 12.6 Å². The molecule has 0 saturated heterocycles. The summed E-state index contributed by atoms with van der Waals surface area (Å²) in [5.41, 5.74) is 0.459. The minimum atomic E-state index is -1.08. The Bertz CT molecular complexity index is 699. The first kappa shape index (κ1) is 17.8. The van der Waals surface area contributed by atoms with E-state index in [1.807, 2.05) is 17.5 Å². The third-order valence-electron chi connectivity index (χ3n) is 3.16. The third kappa shape index (κ3) is 4.73. The number of amides is 1. The Kier molecular flexibility index (Phi) is 6.20. The van der Waals surface area contributed by atoms with Crippen molar-refractivity contribution in [2.75, 3.05) is 20.3 Å². The van der Waals surface area contributed by atoms with E-state index in [1.165, 1.54) is 0 Å². The van der Waals surface area contributed by atoms with Crippen molar-refractivity contribution >= 4 is 23.2 Å². The molecule has 6 nitrogen and oxygen atoms in total. The van der Waals surface area contributed by atoms with Gasteiger partial charge in [-0.1, -0.05) is 6.07 Å². The summed E-state index contributed by atoms with van der Waals surface area (Å²) in [6, 6.07) is 8.66. The molecule has 1 aromatic heterocycles. The van der Waals surface area contributed by atoms with Crippen LogP contribution in [0.5, 0.6) is 11.5 Å². The van der Waals surface area contributed by atoms with Crippen molar-refractivity contribution in [1.29, 1.82) is 0 Å². The second kappa shape index (κ2) is 8.35. The Balaban J connectivity index is 2.15. The number of hydrogen-bond acceptors (Lipinski definition) is 5. The first-order chi connectivity index (χ1) is 11.5. The summed E-state index contributed by atoms with van der Waals surface area (Å²) in [5.74, 6) is -0.562. The minimum Gasteiger partial charge on any atom is -0.490 e. The number of carbonyl (C=O) groups excluding carboxylic acids is 1. The number of carboxylic acid groups (broad SMARTS) is 1. The Labute approximate surface area is 144 Å². The van der Waals surface area contributed by atoms with Crippen LogP contribution in [-0.2, 0) is 11.3 Å². The maximum absolute atomic E-state index is 12.5. The van der Waals surface area contributed by atoms with Crippen LogP contribution in [0.1, 0.15) is 22.2 Å². The van der Waals surface area contributed by atoms with E-state index in [4.69, 9.17) is 14.6 Å². The van der Waals surface area contributed by atoms with Crippen LogP contribution in [0.4, 0.5) is 0 Å². The predicted molar refractivity (Wildman–Crippen MR) is 90.9 cm³/mol. The summed E-state index contributed by atoms with van der Waals surface area (Å²) in [4.78, 5) is 25.9. The van der Waals surface area contributed by atoms with Crippen molar-refractivity contribution in [3.8, 4) is 11.5 Å². The number of carbonyl (C=O) groups is 2. The van der Waals surface area contributed by atoms with Crippen molar-refractivity contribution in [1.82, 2.24) is 4.90 Å². The summed E-state index contributed by atoms with van der Waals surface area (Å²) in [7, 11) is 1.73. The van der Waals surface area contributed by atoms with E-state index >= 15 is 0 Å². The van der Waals surface area contributed by atoms with Gasteiger partial charge in [-0.25, -0.2) is 4.79 Å². The Morgan fingerprint density at radius 2 is 2.00 bits per heavy atom. The second-order valence-electron chi connectivity index (χ2n) is 5.02. The van der Waals surface area contributed by atoms with E-state index in [9.17, 15) is 9.59 Å². The van der Waals surface area contributed by atoms with Crippen LogP contribution < -0.4 is 9.47 Å². The average molecular weight is 349 g/mol. The summed E-state index contributed by atoms with van der Waals surface area (Å²) in [5, 5.41) is 10.7. The first-order valence-corrected chi connectivity index (χ1v) is 8.28. The summed E-state index contributed by atoms with van der Waals surface area (Å²) in [6.07, 6.45) is 0. The second-order valence-corrected chi connectivity index (χ2v) is 6.05. The third-order valence-corrected chi connectivity index (χ3v) is 4.02. The largest absolute Gasteiger partial charge is 0.490 e. The quantitative estimate of drug-likeness (QED) is 0.793. The molecule has 0 unspecified atom stereocenters. The van der Waals surface area contributed by atoms with Crippen molar-refractivity contribution in [3.63, 3.8) is 0 Å². The molecule has 24 heavy (non-hydrogen) atoms. The number of ether oxygens (including phenoxy) is 2. The lowest BCUT2D eigenvalue weighted by molar-refractivity contribution is -0.139. The standard InChI is InChI=1S/C17H19NO5S/c1-3-22-15-9-12(6-7-14(15)23-11-16(19)20)17(21)18(2)10-13-5-4-8-24-13/h4-9H,3,10-11H2,1-2H3,(H,19,20). The fourth-order valence-electron chi connectivity index (χ4n) is 2.10. The fourth-order valence-corrected chi connectivity index (χ4v) is 2.85. The highest BCUT2D eigenvalue weighted by Crippen LogP contribution is 2.29. The molecule has 0 aliphatic rings. The smallest absolute Gasteiger partial charge is 0.341 e. The molecule has 2 aromatic rings. The van der Waals surface area contributed by atoms with E-state index in [2.05, 4.69) is 0 Å². The zero-order chi connectivity index (χ0) is 17.5. The highest BCUT2D eigenvalue weighted by atomic mass is 32.1. The molecule has 0 saturated carbocycles. The highest BCUT2D eigenvalue weighted by molar-refractivity contribution is 7.09. The van der Waals surface area contributed by atoms with Gasteiger partial charge in [-0.2, -0.15) is 0 Å². The maximum atomic E-state index is 12.5. The van der Waals surface area contributed by atoms with Gasteiger partial charge in [-0.3, -0.25) is 4.79 Å².